The van der Waals surface area contributed by atoms with Crippen molar-refractivity contribution in [2.24, 2.45) is 0 Å². The first kappa shape index (κ1) is 25.7. The molecule has 0 spiro atoms. The molecule has 2 N–H and O–H groups in total. The summed E-state index contributed by atoms with van der Waals surface area (Å²) in [5.41, 5.74) is 3.80. The Hall–Kier alpha value is -3.40. The quantitative estimate of drug-likeness (QED) is 0.332. The summed E-state index contributed by atoms with van der Waals surface area (Å²) in [5.74, 6) is 0.469. The molecule has 0 bridgehead atoms. The summed E-state index contributed by atoms with van der Waals surface area (Å²) in [4.78, 5) is 31.5. The summed E-state index contributed by atoms with van der Waals surface area (Å²) in [6.45, 7) is 7.93. The normalized spacial score (nSPS) is 12.1. The Balaban J connectivity index is 1.77. The number of ether oxygens (including phenoxy) is 1. The van der Waals surface area contributed by atoms with Crippen molar-refractivity contribution >= 4 is 28.6 Å². The Labute approximate surface area is 214 Å². The number of rotatable bonds is 10. The van der Waals surface area contributed by atoms with Crippen LogP contribution >= 0.6 is 11.6 Å². The highest BCUT2D eigenvalue weighted by molar-refractivity contribution is 6.33. The summed E-state index contributed by atoms with van der Waals surface area (Å²) in [7, 11) is 1.88. The van der Waals surface area contributed by atoms with E-state index in [0.717, 1.165) is 28.9 Å². The second-order valence-electron chi connectivity index (χ2n) is 8.50. The number of fused-ring (bicyclic) bond motifs is 1. The van der Waals surface area contributed by atoms with Crippen molar-refractivity contribution in [1.82, 2.24) is 29.8 Å². The van der Waals surface area contributed by atoms with Gasteiger partial charge >= 0.3 is 0 Å². The van der Waals surface area contributed by atoms with Gasteiger partial charge in [0.2, 0.25) is 5.95 Å². The fraction of sp³-hybridized carbons (Fsp3) is 0.346. The molecular weight excluding hydrogens is 478 g/mol. The molecule has 9 nitrogen and oxygen atoms in total. The number of nitrogens with one attached hydrogen (secondary N) is 2. The second-order valence-corrected chi connectivity index (χ2v) is 8.90. The average Bonchev–Trinajstić information content (AvgIpc) is 2.86. The molecule has 4 rings (SSSR count). The Morgan fingerprint density at radius 2 is 1.97 bits per heavy atom. The van der Waals surface area contributed by atoms with E-state index >= 15 is 0 Å². The van der Waals surface area contributed by atoms with E-state index < -0.39 is 0 Å². The van der Waals surface area contributed by atoms with E-state index in [9.17, 15) is 4.79 Å². The zero-order valence-electron chi connectivity index (χ0n) is 20.9. The highest BCUT2D eigenvalue weighted by Gasteiger charge is 2.17. The van der Waals surface area contributed by atoms with Crippen molar-refractivity contribution in [2.75, 3.05) is 32.1 Å². The molecule has 188 valence electrons. The van der Waals surface area contributed by atoms with E-state index in [4.69, 9.17) is 16.3 Å². The second kappa shape index (κ2) is 11.6. The molecule has 4 aromatic rings. The monoisotopic (exact) mass is 507 g/mol. The highest BCUT2D eigenvalue weighted by Crippen LogP contribution is 2.31. The first-order valence-electron chi connectivity index (χ1n) is 11.9. The molecule has 1 atom stereocenters. The van der Waals surface area contributed by atoms with Gasteiger partial charge in [0.25, 0.3) is 5.56 Å². The van der Waals surface area contributed by atoms with Gasteiger partial charge in [-0.05, 0) is 40.0 Å². The van der Waals surface area contributed by atoms with Crippen LogP contribution < -0.4 is 16.2 Å². The summed E-state index contributed by atoms with van der Waals surface area (Å²) in [6.07, 6.45) is 5.12. The lowest BCUT2D eigenvalue weighted by Crippen LogP contribution is -2.28. The van der Waals surface area contributed by atoms with Gasteiger partial charge in [0, 0.05) is 52.6 Å². The molecule has 3 aromatic heterocycles. The molecule has 0 aliphatic carbocycles. The molecule has 0 saturated heterocycles. The molecule has 0 radical (unpaired) electrons. The van der Waals surface area contributed by atoms with Gasteiger partial charge in [0.15, 0.2) is 0 Å². The Morgan fingerprint density at radius 1 is 1.14 bits per heavy atom. The van der Waals surface area contributed by atoms with Crippen LogP contribution in [0.3, 0.4) is 0 Å². The number of aromatic nitrogens is 5. The van der Waals surface area contributed by atoms with E-state index in [0.29, 0.717) is 47.4 Å². The van der Waals surface area contributed by atoms with Gasteiger partial charge in [-0.1, -0.05) is 23.7 Å². The minimum Gasteiger partial charge on any atom is -0.375 e. The van der Waals surface area contributed by atoms with Crippen molar-refractivity contribution < 1.29 is 4.74 Å². The minimum absolute atomic E-state index is 0.0128. The Kier molecular flexibility index (Phi) is 8.25. The number of aryl methyl sites for hydroxylation is 1. The first-order valence-corrected chi connectivity index (χ1v) is 12.3. The molecule has 0 saturated carbocycles. The molecule has 10 heteroatoms. The van der Waals surface area contributed by atoms with Crippen LogP contribution in [0.15, 0.2) is 47.7 Å². The smallest absolute Gasteiger partial charge is 0.260 e. The topological polar surface area (TPSA) is 107 Å². The third-order valence-electron chi connectivity index (χ3n) is 5.68. The molecule has 0 aliphatic heterocycles. The molecule has 0 aliphatic rings. The van der Waals surface area contributed by atoms with Crippen molar-refractivity contribution in [2.45, 2.75) is 33.4 Å². The van der Waals surface area contributed by atoms with Crippen LogP contribution in [0.1, 0.15) is 19.5 Å². The van der Waals surface area contributed by atoms with E-state index in [2.05, 4.69) is 30.6 Å². The number of benzene rings is 1. The largest absolute Gasteiger partial charge is 0.375 e. The molecular formula is C26H30ClN7O2. The minimum atomic E-state index is -0.196. The number of pyridine rings is 1. The maximum atomic E-state index is 13.7. The van der Waals surface area contributed by atoms with E-state index in [1.165, 1.54) is 0 Å². The van der Waals surface area contributed by atoms with E-state index in [1.807, 2.05) is 46.0 Å². The molecule has 1 aromatic carbocycles. The maximum Gasteiger partial charge on any atom is 0.260 e. The van der Waals surface area contributed by atoms with E-state index in [-0.39, 0.29) is 11.7 Å². The molecule has 1 unspecified atom stereocenters. The Bertz CT molecular complexity index is 1420. The fourth-order valence-corrected chi connectivity index (χ4v) is 4.27. The van der Waals surface area contributed by atoms with Gasteiger partial charge in [-0.3, -0.25) is 14.3 Å². The zero-order chi connectivity index (χ0) is 25.7. The van der Waals surface area contributed by atoms with Crippen LogP contribution in [-0.2, 0) is 11.3 Å². The fourth-order valence-electron chi connectivity index (χ4n) is 3.99. The zero-order valence-corrected chi connectivity index (χ0v) is 21.6. The van der Waals surface area contributed by atoms with Gasteiger partial charge < -0.3 is 15.4 Å². The molecule has 3 heterocycles. The van der Waals surface area contributed by atoms with Crippen molar-refractivity contribution in [3.63, 3.8) is 0 Å². The number of hydrogen-bond acceptors (Lipinski definition) is 8. The van der Waals surface area contributed by atoms with E-state index in [1.54, 1.807) is 29.2 Å². The lowest BCUT2D eigenvalue weighted by molar-refractivity contribution is 0.0617. The Morgan fingerprint density at radius 3 is 2.69 bits per heavy atom. The number of nitrogens with zero attached hydrogens (tertiary/aromatic N) is 5. The van der Waals surface area contributed by atoms with Gasteiger partial charge in [-0.25, -0.2) is 9.97 Å². The van der Waals surface area contributed by atoms with Crippen molar-refractivity contribution in [1.29, 1.82) is 0 Å². The third-order valence-corrected chi connectivity index (χ3v) is 5.99. The van der Waals surface area contributed by atoms with Crippen LogP contribution in [0.5, 0.6) is 0 Å². The number of hydrogen-bond donors (Lipinski definition) is 2. The third kappa shape index (κ3) is 5.70. The van der Waals surface area contributed by atoms with Gasteiger partial charge in [0.1, 0.15) is 5.65 Å². The summed E-state index contributed by atoms with van der Waals surface area (Å²) < 4.78 is 7.53. The van der Waals surface area contributed by atoms with Gasteiger partial charge in [-0.2, -0.15) is 4.98 Å². The van der Waals surface area contributed by atoms with Crippen molar-refractivity contribution in [3.8, 4) is 22.4 Å². The van der Waals surface area contributed by atoms with Crippen LogP contribution in [-0.4, -0.2) is 57.4 Å². The van der Waals surface area contributed by atoms with Gasteiger partial charge in [0.05, 0.1) is 36.8 Å². The lowest BCUT2D eigenvalue weighted by atomic mass is 10.0. The van der Waals surface area contributed by atoms with Crippen LogP contribution in [0.25, 0.3) is 33.4 Å². The highest BCUT2D eigenvalue weighted by atomic mass is 35.5. The maximum absolute atomic E-state index is 13.7. The van der Waals surface area contributed by atoms with Crippen LogP contribution in [0, 0.1) is 6.92 Å². The number of anilines is 1. The number of halogens is 1. The molecule has 36 heavy (non-hydrogen) atoms. The molecule has 0 amide bonds. The standard InChI is InChI=1S/C26H30ClN7O2/c1-5-30-26-31-14-19-10-21(25(35)34(24(19)33-26)8-9-36-17(3)13-28-4)20-7-6-18(11-22(20)27)23-15-29-12-16(2)32-23/h6-7,10-12,14-15,17,28H,5,8-9,13H2,1-4H3,(H,30,31,33). The summed E-state index contributed by atoms with van der Waals surface area (Å²) in [5, 5.41) is 7.38. The summed E-state index contributed by atoms with van der Waals surface area (Å²) in [6, 6.07) is 7.34. The summed E-state index contributed by atoms with van der Waals surface area (Å²) >= 11 is 6.71. The SMILES string of the molecule is CCNc1ncc2cc(-c3ccc(-c4cncc(C)n4)cc3Cl)c(=O)n(CCOC(C)CNC)c2n1. The van der Waals surface area contributed by atoms with Gasteiger partial charge in [-0.15, -0.1) is 0 Å². The predicted molar refractivity (Wildman–Crippen MR) is 144 cm³/mol. The predicted octanol–water partition coefficient (Wildman–Crippen LogP) is 3.93. The van der Waals surface area contributed by atoms with Crippen LogP contribution in [0.4, 0.5) is 5.95 Å². The number of likely N-dealkylation sites (N-methyl/N-ethyl adjacent to an activating group) is 1. The van der Waals surface area contributed by atoms with Crippen LogP contribution in [0.2, 0.25) is 5.02 Å². The average molecular weight is 508 g/mol. The van der Waals surface area contributed by atoms with Crippen molar-refractivity contribution in [3.05, 3.63) is 63.9 Å². The first-order chi connectivity index (χ1) is 17.4. The molecule has 0 fully saturated rings. The lowest BCUT2D eigenvalue weighted by Gasteiger charge is -2.16.